The van der Waals surface area contributed by atoms with Crippen molar-refractivity contribution in [2.45, 2.75) is 6.92 Å². The summed E-state index contributed by atoms with van der Waals surface area (Å²) >= 11 is -2.08. The van der Waals surface area contributed by atoms with Gasteiger partial charge >= 0.3 is 0 Å². The van der Waals surface area contributed by atoms with Crippen molar-refractivity contribution in [3.8, 4) is 0 Å². The molecule has 0 spiro atoms. The number of nitrogens with one attached hydrogen (secondary N) is 2. The number of hydrogen-bond donors (Lipinski definition) is 4. The molecular formula is C8H11N3O2S. The van der Waals surface area contributed by atoms with Crippen LogP contribution in [0.2, 0.25) is 0 Å². The third-order valence-corrected chi connectivity index (χ3v) is 2.13. The molecule has 0 radical (unpaired) electrons. The van der Waals surface area contributed by atoms with Crippen LogP contribution in [0.5, 0.6) is 0 Å². The molecule has 0 fully saturated rings. The first kappa shape index (κ1) is 10.7. The highest BCUT2D eigenvalue weighted by Crippen LogP contribution is 2.16. The Kier molecular flexibility index (Phi) is 3.21. The Balaban J connectivity index is 3.01. The van der Waals surface area contributed by atoms with Gasteiger partial charge in [-0.25, -0.2) is 4.21 Å². The molecule has 0 amide bonds. The van der Waals surface area contributed by atoms with Crippen molar-refractivity contribution in [1.29, 1.82) is 5.41 Å². The largest absolute Gasteiger partial charge is 0.384 e. The molecule has 0 bridgehead atoms. The molecule has 0 saturated carbocycles. The molecule has 14 heavy (non-hydrogen) atoms. The molecule has 0 saturated heterocycles. The maximum Gasteiger partial charge on any atom is 0.259 e. The van der Waals surface area contributed by atoms with E-state index in [0.717, 1.165) is 5.56 Å². The lowest BCUT2D eigenvalue weighted by atomic mass is 10.1. The molecule has 1 rings (SSSR count). The molecule has 6 heteroatoms. The fraction of sp³-hybridized carbons (Fsp3) is 0.125. The van der Waals surface area contributed by atoms with Gasteiger partial charge in [-0.2, -0.15) is 0 Å². The molecule has 5 nitrogen and oxygen atoms in total. The first-order valence-corrected chi connectivity index (χ1v) is 4.94. The Morgan fingerprint density at radius 2 is 2.29 bits per heavy atom. The molecule has 1 aromatic rings. The van der Waals surface area contributed by atoms with Crippen LogP contribution in [0.3, 0.4) is 0 Å². The minimum absolute atomic E-state index is 0.0234. The van der Waals surface area contributed by atoms with Crippen LogP contribution in [-0.2, 0) is 11.3 Å². The summed E-state index contributed by atoms with van der Waals surface area (Å²) in [6.07, 6.45) is 0. The highest BCUT2D eigenvalue weighted by Gasteiger charge is 2.03. The summed E-state index contributed by atoms with van der Waals surface area (Å²) in [5.74, 6) is -0.0234. The number of nitrogen functional groups attached to an aromatic ring is 1. The Hall–Kier alpha value is -1.40. The van der Waals surface area contributed by atoms with Crippen molar-refractivity contribution in [2.75, 3.05) is 4.72 Å². The van der Waals surface area contributed by atoms with Gasteiger partial charge in [-0.3, -0.25) is 14.7 Å². The van der Waals surface area contributed by atoms with Crippen LogP contribution in [0.15, 0.2) is 18.2 Å². The van der Waals surface area contributed by atoms with Crippen molar-refractivity contribution in [2.24, 2.45) is 5.73 Å². The van der Waals surface area contributed by atoms with Crippen molar-refractivity contribution in [3.63, 3.8) is 0 Å². The number of amidine groups is 1. The predicted molar refractivity (Wildman–Crippen MR) is 56.6 cm³/mol. The van der Waals surface area contributed by atoms with Gasteiger partial charge < -0.3 is 5.73 Å². The topological polar surface area (TPSA) is 99.2 Å². The highest BCUT2D eigenvalue weighted by molar-refractivity contribution is 7.80. The van der Waals surface area contributed by atoms with Gasteiger partial charge in [-0.1, -0.05) is 0 Å². The molecule has 1 atom stereocenters. The van der Waals surface area contributed by atoms with Gasteiger partial charge in [0, 0.05) is 5.56 Å². The van der Waals surface area contributed by atoms with Gasteiger partial charge in [-0.05, 0) is 30.7 Å². The van der Waals surface area contributed by atoms with Gasteiger partial charge in [-0.15, -0.1) is 0 Å². The number of benzene rings is 1. The lowest BCUT2D eigenvalue weighted by Gasteiger charge is -2.07. The highest BCUT2D eigenvalue weighted by atomic mass is 32.2. The minimum atomic E-state index is -2.08. The molecule has 0 aliphatic carbocycles. The van der Waals surface area contributed by atoms with Crippen LogP contribution in [-0.4, -0.2) is 14.6 Å². The Bertz CT molecular complexity index is 392. The minimum Gasteiger partial charge on any atom is -0.384 e. The summed E-state index contributed by atoms with van der Waals surface area (Å²) in [4.78, 5) is 0. The summed E-state index contributed by atoms with van der Waals surface area (Å²) in [7, 11) is 0. The summed E-state index contributed by atoms with van der Waals surface area (Å²) in [6, 6.07) is 4.90. The maximum absolute atomic E-state index is 10.5. The van der Waals surface area contributed by atoms with E-state index >= 15 is 0 Å². The average Bonchev–Trinajstić information content (AvgIpc) is 2.07. The van der Waals surface area contributed by atoms with Crippen molar-refractivity contribution < 1.29 is 8.76 Å². The molecule has 1 unspecified atom stereocenters. The van der Waals surface area contributed by atoms with E-state index in [1.165, 1.54) is 0 Å². The molecule has 0 aliphatic rings. The first-order valence-electron chi connectivity index (χ1n) is 3.83. The van der Waals surface area contributed by atoms with Crippen molar-refractivity contribution in [1.82, 2.24) is 0 Å². The van der Waals surface area contributed by atoms with E-state index in [0.29, 0.717) is 11.3 Å². The lowest BCUT2D eigenvalue weighted by molar-refractivity contribution is 0.570. The van der Waals surface area contributed by atoms with E-state index in [4.69, 9.17) is 15.7 Å². The predicted octanol–water partition coefficient (Wildman–Crippen LogP) is 0.828. The van der Waals surface area contributed by atoms with Crippen LogP contribution in [0.4, 0.5) is 5.69 Å². The van der Waals surface area contributed by atoms with Crippen molar-refractivity contribution in [3.05, 3.63) is 29.3 Å². The third kappa shape index (κ3) is 2.54. The summed E-state index contributed by atoms with van der Waals surface area (Å²) in [5, 5.41) is 7.19. The SMILES string of the molecule is Cc1cc(C(=N)N)ccc1NS(=O)O. The molecule has 0 heterocycles. The van der Waals surface area contributed by atoms with Gasteiger partial charge in [0.1, 0.15) is 5.84 Å². The molecule has 5 N–H and O–H groups in total. The van der Waals surface area contributed by atoms with E-state index in [9.17, 15) is 4.21 Å². The molecule has 1 aromatic carbocycles. The van der Waals surface area contributed by atoms with Crippen LogP contribution >= 0.6 is 0 Å². The van der Waals surface area contributed by atoms with Gasteiger partial charge in [0.2, 0.25) is 0 Å². The number of aryl methyl sites for hydroxylation is 1. The second-order valence-corrected chi connectivity index (χ2v) is 3.50. The monoisotopic (exact) mass is 213 g/mol. The van der Waals surface area contributed by atoms with E-state index in [2.05, 4.69) is 4.72 Å². The second-order valence-electron chi connectivity index (χ2n) is 2.79. The number of anilines is 1. The Labute approximate surface area is 84.2 Å². The van der Waals surface area contributed by atoms with Crippen molar-refractivity contribution >= 4 is 22.8 Å². The normalized spacial score (nSPS) is 12.1. The molecule has 0 aliphatic heterocycles. The smallest absolute Gasteiger partial charge is 0.259 e. The summed E-state index contributed by atoms with van der Waals surface area (Å²) in [6.45, 7) is 1.77. The zero-order chi connectivity index (χ0) is 10.7. The molecule has 76 valence electrons. The average molecular weight is 213 g/mol. The zero-order valence-corrected chi connectivity index (χ0v) is 8.39. The standard InChI is InChI=1S/C8H11N3O2S/c1-5-4-6(8(9)10)2-3-7(5)11-14(12)13/h2-4,11H,1H3,(H3,9,10)(H,12,13). The zero-order valence-electron chi connectivity index (χ0n) is 7.57. The fourth-order valence-corrected chi connectivity index (χ4v) is 1.46. The number of hydrogen-bond acceptors (Lipinski definition) is 2. The van der Waals surface area contributed by atoms with Gasteiger partial charge in [0.25, 0.3) is 11.3 Å². The fourth-order valence-electron chi connectivity index (χ4n) is 1.04. The lowest BCUT2D eigenvalue weighted by Crippen LogP contribution is -2.12. The van der Waals surface area contributed by atoms with Crippen LogP contribution < -0.4 is 10.5 Å². The van der Waals surface area contributed by atoms with Gasteiger partial charge in [0.05, 0.1) is 5.69 Å². The summed E-state index contributed by atoms with van der Waals surface area (Å²) < 4.78 is 21.4. The van der Waals surface area contributed by atoms with E-state index < -0.39 is 11.3 Å². The molecule has 0 aromatic heterocycles. The van der Waals surface area contributed by atoms with Gasteiger partial charge in [0.15, 0.2) is 0 Å². The Morgan fingerprint density at radius 3 is 2.71 bits per heavy atom. The number of nitrogens with two attached hydrogens (primary N) is 1. The Morgan fingerprint density at radius 1 is 1.64 bits per heavy atom. The maximum atomic E-state index is 10.5. The van der Waals surface area contributed by atoms with Crippen LogP contribution in [0, 0.1) is 12.3 Å². The first-order chi connectivity index (χ1) is 6.50. The van der Waals surface area contributed by atoms with E-state index in [-0.39, 0.29) is 5.84 Å². The second kappa shape index (κ2) is 4.21. The third-order valence-electron chi connectivity index (χ3n) is 1.73. The number of rotatable bonds is 3. The quantitative estimate of drug-likeness (QED) is 0.340. The van der Waals surface area contributed by atoms with E-state index in [1.807, 2.05) is 0 Å². The molecular weight excluding hydrogens is 202 g/mol. The van der Waals surface area contributed by atoms with Crippen LogP contribution in [0.1, 0.15) is 11.1 Å². The van der Waals surface area contributed by atoms with Crippen LogP contribution in [0.25, 0.3) is 0 Å². The van der Waals surface area contributed by atoms with E-state index in [1.54, 1.807) is 25.1 Å². The summed E-state index contributed by atoms with van der Waals surface area (Å²) in [5.41, 5.74) is 7.20.